The molecule has 2 aromatic carbocycles. The van der Waals surface area contributed by atoms with Crippen molar-refractivity contribution in [1.82, 2.24) is 0 Å². The first-order valence-corrected chi connectivity index (χ1v) is 11.4. The molecule has 0 bridgehead atoms. The lowest BCUT2D eigenvalue weighted by Crippen LogP contribution is -2.27. The van der Waals surface area contributed by atoms with Gasteiger partial charge < -0.3 is 9.47 Å². The summed E-state index contributed by atoms with van der Waals surface area (Å²) in [7, 11) is 0. The number of carbonyl (C=O) groups is 1. The Labute approximate surface area is 189 Å². The molecule has 4 nitrogen and oxygen atoms in total. The number of hydrogen-bond donors (Lipinski definition) is 0. The normalized spacial score (nSPS) is 16.4. The van der Waals surface area contributed by atoms with Gasteiger partial charge >= 0.3 is 0 Å². The van der Waals surface area contributed by atoms with Crippen molar-refractivity contribution in [3.05, 3.63) is 57.4 Å². The highest BCUT2D eigenvalue weighted by Crippen LogP contribution is 2.37. The van der Waals surface area contributed by atoms with Gasteiger partial charge in [0.25, 0.3) is 5.91 Å². The average Bonchev–Trinajstić information content (AvgIpc) is 2.98. The van der Waals surface area contributed by atoms with Crippen LogP contribution in [0.15, 0.2) is 51.8 Å². The third-order valence-corrected chi connectivity index (χ3v) is 6.18. The van der Waals surface area contributed by atoms with E-state index in [1.54, 1.807) is 4.90 Å². The summed E-state index contributed by atoms with van der Waals surface area (Å²) in [5.41, 5.74) is 1.62. The van der Waals surface area contributed by atoms with E-state index in [-0.39, 0.29) is 12.0 Å². The van der Waals surface area contributed by atoms with E-state index in [9.17, 15) is 4.79 Å². The van der Waals surface area contributed by atoms with Crippen molar-refractivity contribution in [3.8, 4) is 11.5 Å². The molecule has 1 saturated heterocycles. The lowest BCUT2D eigenvalue weighted by molar-refractivity contribution is -0.113. The van der Waals surface area contributed by atoms with Gasteiger partial charge in [0.05, 0.1) is 23.3 Å². The molecule has 0 radical (unpaired) electrons. The minimum atomic E-state index is -0.125. The predicted octanol–water partition coefficient (Wildman–Crippen LogP) is 6.43. The number of halogens is 1. The molecule has 0 aliphatic carbocycles. The highest BCUT2D eigenvalue weighted by molar-refractivity contribution is 9.10. The van der Waals surface area contributed by atoms with Crippen molar-refractivity contribution < 1.29 is 14.3 Å². The Bertz CT molecular complexity index is 944. The third kappa shape index (κ3) is 5.21. The quantitative estimate of drug-likeness (QED) is 0.329. The van der Waals surface area contributed by atoms with Gasteiger partial charge in [-0.1, -0.05) is 52.9 Å². The van der Waals surface area contributed by atoms with E-state index in [1.165, 1.54) is 11.8 Å². The number of nitrogens with zero attached hydrogens (tertiary/aromatic N) is 1. The zero-order valence-corrected chi connectivity index (χ0v) is 19.7. The number of thiocarbonyl (C=S) groups is 1. The van der Waals surface area contributed by atoms with Crippen LogP contribution in [0.5, 0.6) is 11.5 Å². The molecule has 1 aliphatic heterocycles. The molecular weight excluding hydrogens is 470 g/mol. The van der Waals surface area contributed by atoms with Gasteiger partial charge in [0.15, 0.2) is 15.8 Å². The molecule has 1 heterocycles. The fraction of sp³-hybridized carbons (Fsp3) is 0.273. The number of ether oxygens (including phenoxy) is 2. The number of amides is 1. The van der Waals surface area contributed by atoms with Crippen molar-refractivity contribution in [3.63, 3.8) is 0 Å². The first kappa shape index (κ1) is 21.9. The summed E-state index contributed by atoms with van der Waals surface area (Å²) in [5, 5.41) is 0. The summed E-state index contributed by atoms with van der Waals surface area (Å²) >= 11 is 10.2. The van der Waals surface area contributed by atoms with Crippen molar-refractivity contribution in [1.29, 1.82) is 0 Å². The second-order valence-electron chi connectivity index (χ2n) is 6.47. The topological polar surface area (TPSA) is 38.8 Å². The van der Waals surface area contributed by atoms with Crippen molar-refractivity contribution in [2.75, 3.05) is 11.5 Å². The SMILES string of the molecule is CCOc1cc(/C=C2/SC(=S)N(c3ccc(Br)cc3)C2=O)ccc1OC(C)CC. The molecule has 152 valence electrons. The summed E-state index contributed by atoms with van der Waals surface area (Å²) in [6.45, 7) is 6.57. The Balaban J connectivity index is 1.87. The van der Waals surface area contributed by atoms with Crippen LogP contribution in [0.25, 0.3) is 6.08 Å². The predicted molar refractivity (Wildman–Crippen MR) is 128 cm³/mol. The molecule has 0 aromatic heterocycles. The van der Waals surface area contributed by atoms with E-state index in [1.807, 2.05) is 62.4 Å². The van der Waals surface area contributed by atoms with E-state index in [4.69, 9.17) is 21.7 Å². The monoisotopic (exact) mass is 491 g/mol. The Hall–Kier alpha value is -1.83. The molecule has 1 amide bonds. The van der Waals surface area contributed by atoms with Crippen molar-refractivity contribution in [2.45, 2.75) is 33.3 Å². The van der Waals surface area contributed by atoms with E-state index in [0.29, 0.717) is 27.3 Å². The van der Waals surface area contributed by atoms with Crippen LogP contribution >= 0.6 is 39.9 Å². The summed E-state index contributed by atoms with van der Waals surface area (Å²) in [5.74, 6) is 1.26. The summed E-state index contributed by atoms with van der Waals surface area (Å²) in [6, 6.07) is 13.2. The van der Waals surface area contributed by atoms with Crippen LogP contribution in [-0.4, -0.2) is 22.9 Å². The van der Waals surface area contributed by atoms with Crippen molar-refractivity contribution in [2.24, 2.45) is 0 Å². The van der Waals surface area contributed by atoms with Gasteiger partial charge in [-0.3, -0.25) is 9.69 Å². The zero-order chi connectivity index (χ0) is 21.0. The van der Waals surface area contributed by atoms with Crippen LogP contribution in [-0.2, 0) is 4.79 Å². The number of rotatable bonds is 7. The van der Waals surface area contributed by atoms with Gasteiger partial charge in [-0.25, -0.2) is 0 Å². The maximum Gasteiger partial charge on any atom is 0.270 e. The minimum Gasteiger partial charge on any atom is -0.490 e. The molecule has 1 aliphatic rings. The smallest absolute Gasteiger partial charge is 0.270 e. The van der Waals surface area contributed by atoms with Crippen molar-refractivity contribution >= 4 is 61.9 Å². The van der Waals surface area contributed by atoms with Crippen LogP contribution in [0.2, 0.25) is 0 Å². The lowest BCUT2D eigenvalue weighted by Gasteiger charge is -2.16. The standard InChI is InChI=1S/C22H22BrNO3S2/c1-4-14(3)27-18-11-6-15(12-19(18)26-5-2)13-20-21(25)24(22(28)29-20)17-9-7-16(23)8-10-17/h6-14H,4-5H2,1-3H3/b20-13+. The first-order valence-electron chi connectivity index (χ1n) is 9.40. The fourth-order valence-electron chi connectivity index (χ4n) is 2.71. The second kappa shape index (κ2) is 9.78. The highest BCUT2D eigenvalue weighted by atomic mass is 79.9. The van der Waals surface area contributed by atoms with Crippen LogP contribution in [0.3, 0.4) is 0 Å². The molecule has 1 atom stereocenters. The Kier molecular flexibility index (Phi) is 7.38. The number of carbonyl (C=O) groups excluding carboxylic acids is 1. The fourth-order valence-corrected chi connectivity index (χ4v) is 4.28. The van der Waals surface area contributed by atoms with Gasteiger partial charge in [-0.05, 0) is 68.3 Å². The number of benzene rings is 2. The van der Waals surface area contributed by atoms with Crippen LogP contribution in [0.1, 0.15) is 32.8 Å². The first-order chi connectivity index (χ1) is 13.9. The van der Waals surface area contributed by atoms with E-state index < -0.39 is 0 Å². The number of hydrogen-bond acceptors (Lipinski definition) is 5. The highest BCUT2D eigenvalue weighted by Gasteiger charge is 2.33. The van der Waals surface area contributed by atoms with E-state index >= 15 is 0 Å². The van der Waals surface area contributed by atoms with Gasteiger partial charge in [-0.15, -0.1) is 0 Å². The average molecular weight is 492 g/mol. The Morgan fingerprint density at radius 2 is 1.90 bits per heavy atom. The molecule has 0 spiro atoms. The van der Waals surface area contributed by atoms with Gasteiger partial charge in [0.1, 0.15) is 0 Å². The van der Waals surface area contributed by atoms with Gasteiger partial charge in [0.2, 0.25) is 0 Å². The summed E-state index contributed by atoms with van der Waals surface area (Å²) in [4.78, 5) is 15.1. The Morgan fingerprint density at radius 3 is 2.55 bits per heavy atom. The molecule has 29 heavy (non-hydrogen) atoms. The maximum atomic E-state index is 12.9. The number of thioether (sulfide) groups is 1. The maximum absolute atomic E-state index is 12.9. The molecule has 1 fully saturated rings. The molecular formula is C22H22BrNO3S2. The van der Waals surface area contributed by atoms with Gasteiger partial charge in [-0.2, -0.15) is 0 Å². The van der Waals surface area contributed by atoms with Crippen LogP contribution in [0, 0.1) is 0 Å². The molecule has 1 unspecified atom stereocenters. The lowest BCUT2D eigenvalue weighted by atomic mass is 10.1. The minimum absolute atomic E-state index is 0.0993. The summed E-state index contributed by atoms with van der Waals surface area (Å²) < 4.78 is 13.2. The van der Waals surface area contributed by atoms with E-state index in [2.05, 4.69) is 22.9 Å². The number of anilines is 1. The molecule has 0 saturated carbocycles. The molecule has 0 N–H and O–H groups in total. The summed E-state index contributed by atoms with van der Waals surface area (Å²) in [6.07, 6.45) is 2.85. The Morgan fingerprint density at radius 1 is 1.17 bits per heavy atom. The largest absolute Gasteiger partial charge is 0.490 e. The molecule has 7 heteroatoms. The van der Waals surface area contributed by atoms with Gasteiger partial charge in [0, 0.05) is 4.47 Å². The van der Waals surface area contributed by atoms with E-state index in [0.717, 1.165) is 22.1 Å². The molecule has 3 rings (SSSR count). The molecule has 2 aromatic rings. The van der Waals surface area contributed by atoms with Crippen LogP contribution in [0.4, 0.5) is 5.69 Å². The zero-order valence-electron chi connectivity index (χ0n) is 16.5. The third-order valence-electron chi connectivity index (χ3n) is 4.35. The second-order valence-corrected chi connectivity index (χ2v) is 9.06. The van der Waals surface area contributed by atoms with Crippen LogP contribution < -0.4 is 14.4 Å².